The minimum Gasteiger partial charge on any atom is -0.492 e. The Morgan fingerprint density at radius 2 is 2.19 bits per heavy atom. The number of pyridine rings is 1. The number of benzene rings is 1. The van der Waals surface area contributed by atoms with E-state index in [9.17, 15) is 9.65 Å². The van der Waals surface area contributed by atoms with E-state index in [1.165, 1.54) is 12.1 Å². The maximum Gasteiger partial charge on any atom is 0.156 e. The summed E-state index contributed by atoms with van der Waals surface area (Å²) in [7, 11) is 0. The van der Waals surface area contributed by atoms with Crippen LogP contribution in [0.4, 0.5) is 16.0 Å². The van der Waals surface area contributed by atoms with Gasteiger partial charge in [-0.15, -0.1) is 0 Å². The first-order valence-corrected chi connectivity index (χ1v) is 8.68. The summed E-state index contributed by atoms with van der Waals surface area (Å²) in [6.07, 6.45) is 0.787. The molecule has 1 aliphatic rings. The van der Waals surface area contributed by atoms with Gasteiger partial charge in [-0.3, -0.25) is 0 Å². The molecule has 2 heterocycles. The summed E-state index contributed by atoms with van der Waals surface area (Å²) in [5, 5.41) is 12.5. The van der Waals surface area contributed by atoms with E-state index < -0.39 is 0 Å². The van der Waals surface area contributed by atoms with Crippen LogP contribution in [-0.2, 0) is 0 Å². The Morgan fingerprint density at radius 3 is 2.85 bits per heavy atom. The lowest BCUT2D eigenvalue weighted by atomic mass is 10.1. The molecule has 1 fully saturated rings. The van der Waals surface area contributed by atoms with Crippen molar-refractivity contribution in [2.45, 2.75) is 26.3 Å². The van der Waals surface area contributed by atoms with Crippen LogP contribution < -0.4 is 20.9 Å². The number of hydrogen-bond acceptors (Lipinski definition) is 6. The number of anilines is 1. The Balaban J connectivity index is 1.66. The predicted molar refractivity (Wildman–Crippen MR) is 102 cm³/mol. The minimum atomic E-state index is -0.307. The van der Waals surface area contributed by atoms with Crippen LogP contribution in [0.3, 0.4) is 0 Å². The van der Waals surface area contributed by atoms with E-state index in [4.69, 9.17) is 4.74 Å². The molecule has 8 heteroatoms. The molecule has 140 valence electrons. The Kier molecular flexibility index (Phi) is 5.84. The van der Waals surface area contributed by atoms with Crippen LogP contribution in [0.5, 0.6) is 5.75 Å². The van der Waals surface area contributed by atoms with E-state index in [0.29, 0.717) is 42.1 Å². The molecule has 1 aromatic carbocycles. The van der Waals surface area contributed by atoms with Gasteiger partial charge in [0.05, 0.1) is 12.1 Å². The smallest absolute Gasteiger partial charge is 0.156 e. The third kappa shape index (κ3) is 4.92. The van der Waals surface area contributed by atoms with Crippen molar-refractivity contribution in [1.29, 1.82) is 5.26 Å². The average Bonchev–Trinajstić information content (AvgIpc) is 3.05. The quantitative estimate of drug-likeness (QED) is 0.679. The first kappa shape index (κ1) is 18.6. The molecule has 7 nitrogen and oxygen atoms in total. The zero-order valence-electron chi connectivity index (χ0n) is 15.2. The number of aromatic nitrogens is 1. The maximum atomic E-state index is 12.9. The summed E-state index contributed by atoms with van der Waals surface area (Å²) < 4.78 is 18.4. The fourth-order valence-corrected chi connectivity index (χ4v) is 2.66. The molecule has 0 saturated carbocycles. The molecule has 2 aromatic rings. The zero-order valence-corrected chi connectivity index (χ0v) is 15.2. The molecular weight excluding hydrogens is 347 g/mol. The van der Waals surface area contributed by atoms with Crippen molar-refractivity contribution in [2.24, 2.45) is 4.99 Å². The second kappa shape index (κ2) is 8.47. The fraction of sp³-hybridized carbons (Fsp3) is 0.316. The minimum absolute atomic E-state index is 0.307. The van der Waals surface area contributed by atoms with Gasteiger partial charge in [0.25, 0.3) is 0 Å². The van der Waals surface area contributed by atoms with E-state index in [1.54, 1.807) is 18.2 Å². The second-order valence-electron chi connectivity index (χ2n) is 6.29. The van der Waals surface area contributed by atoms with E-state index in [0.717, 1.165) is 17.8 Å². The summed E-state index contributed by atoms with van der Waals surface area (Å²) in [6.45, 7) is 4.70. The van der Waals surface area contributed by atoms with Gasteiger partial charge in [0.1, 0.15) is 35.9 Å². The highest BCUT2D eigenvalue weighted by Crippen LogP contribution is 2.23. The van der Waals surface area contributed by atoms with Crippen molar-refractivity contribution in [1.82, 2.24) is 15.8 Å². The molecule has 1 unspecified atom stereocenters. The molecule has 27 heavy (non-hydrogen) atoms. The highest BCUT2D eigenvalue weighted by Gasteiger charge is 2.16. The second-order valence-corrected chi connectivity index (χ2v) is 6.29. The number of aryl methyl sites for hydroxylation is 1. The van der Waals surface area contributed by atoms with Crippen molar-refractivity contribution in [3.63, 3.8) is 0 Å². The van der Waals surface area contributed by atoms with Crippen LogP contribution in [0.1, 0.15) is 24.5 Å². The van der Waals surface area contributed by atoms with Crippen molar-refractivity contribution in [3.05, 3.63) is 47.3 Å². The number of ether oxygens (including phenoxy) is 1. The van der Waals surface area contributed by atoms with Crippen molar-refractivity contribution >= 4 is 17.5 Å². The standard InChI is InChI=1S/C19H21FN6O/c1-12-9-17(23-18-10-13(2)25-26-18)24-19(16(12)11-21)22-7-8-27-15-5-3-14(20)4-6-15/h3-6,9,13,25H,7-8,10H2,1-2H3,(H2,22,23,24,26). The van der Waals surface area contributed by atoms with Crippen LogP contribution in [0.25, 0.3) is 0 Å². The zero-order chi connectivity index (χ0) is 19.2. The number of nitrogens with zero attached hydrogens (tertiary/aromatic N) is 3. The molecule has 1 atom stereocenters. The average molecular weight is 368 g/mol. The van der Waals surface area contributed by atoms with E-state index in [-0.39, 0.29) is 5.82 Å². The Morgan fingerprint density at radius 1 is 1.41 bits per heavy atom. The van der Waals surface area contributed by atoms with Crippen molar-refractivity contribution < 1.29 is 9.13 Å². The lowest BCUT2D eigenvalue weighted by Crippen LogP contribution is -2.29. The molecule has 1 aromatic heterocycles. The van der Waals surface area contributed by atoms with E-state index >= 15 is 0 Å². The SMILES string of the molecule is Cc1cc(N=C2CC(C)NN2)nc(NCCOc2ccc(F)cc2)c1C#N. The predicted octanol–water partition coefficient (Wildman–Crippen LogP) is 2.81. The highest BCUT2D eigenvalue weighted by molar-refractivity contribution is 5.86. The Labute approximate surface area is 157 Å². The molecule has 0 spiro atoms. The molecule has 1 saturated heterocycles. The van der Waals surface area contributed by atoms with Gasteiger partial charge in [-0.25, -0.2) is 19.8 Å². The number of halogens is 1. The lowest BCUT2D eigenvalue weighted by molar-refractivity contribution is 0.332. The van der Waals surface area contributed by atoms with Gasteiger partial charge < -0.3 is 15.5 Å². The fourth-order valence-electron chi connectivity index (χ4n) is 2.66. The summed E-state index contributed by atoms with van der Waals surface area (Å²) >= 11 is 0. The molecule has 3 rings (SSSR count). The number of hydrazine groups is 1. The van der Waals surface area contributed by atoms with E-state index in [1.807, 2.05) is 6.92 Å². The third-order valence-electron chi connectivity index (χ3n) is 4.00. The molecule has 0 bridgehead atoms. The van der Waals surface area contributed by atoms with Gasteiger partial charge >= 0.3 is 0 Å². The summed E-state index contributed by atoms with van der Waals surface area (Å²) in [5.74, 6) is 2.09. The van der Waals surface area contributed by atoms with Crippen LogP contribution in [0, 0.1) is 24.1 Å². The number of nitrogens with one attached hydrogen (secondary N) is 3. The Hall–Kier alpha value is -3.18. The first-order chi connectivity index (χ1) is 13.0. The van der Waals surface area contributed by atoms with Crippen molar-refractivity contribution in [3.8, 4) is 11.8 Å². The number of rotatable bonds is 6. The van der Waals surface area contributed by atoms with Crippen molar-refractivity contribution in [2.75, 3.05) is 18.5 Å². The molecule has 0 radical (unpaired) electrons. The van der Waals surface area contributed by atoms with Gasteiger partial charge in [0.2, 0.25) is 0 Å². The number of nitriles is 1. The monoisotopic (exact) mass is 368 g/mol. The first-order valence-electron chi connectivity index (χ1n) is 8.68. The van der Waals surface area contributed by atoms with Gasteiger partial charge in [-0.05, 0) is 49.7 Å². The van der Waals surface area contributed by atoms with Crippen LogP contribution in [0.15, 0.2) is 35.3 Å². The number of hydrogen-bond donors (Lipinski definition) is 3. The number of amidine groups is 1. The molecule has 0 amide bonds. The van der Waals surface area contributed by atoms with Crippen LogP contribution in [-0.4, -0.2) is 30.0 Å². The normalized spacial score (nSPS) is 17.4. The third-order valence-corrected chi connectivity index (χ3v) is 4.00. The number of aliphatic imine (C=N–C) groups is 1. The van der Waals surface area contributed by atoms with Gasteiger partial charge in [0.15, 0.2) is 5.82 Å². The molecule has 1 aliphatic heterocycles. The van der Waals surface area contributed by atoms with E-state index in [2.05, 4.69) is 39.1 Å². The molecular formula is C19H21FN6O. The highest BCUT2D eigenvalue weighted by atomic mass is 19.1. The van der Waals surface area contributed by atoms with Gasteiger partial charge in [-0.1, -0.05) is 0 Å². The summed E-state index contributed by atoms with van der Waals surface area (Å²) in [4.78, 5) is 8.96. The van der Waals surface area contributed by atoms with Gasteiger partial charge in [0, 0.05) is 12.5 Å². The van der Waals surface area contributed by atoms with Crippen LogP contribution >= 0.6 is 0 Å². The van der Waals surface area contributed by atoms with Gasteiger partial charge in [-0.2, -0.15) is 5.26 Å². The van der Waals surface area contributed by atoms with Crippen LogP contribution in [0.2, 0.25) is 0 Å². The topological polar surface area (TPSA) is 94.4 Å². The summed E-state index contributed by atoms with van der Waals surface area (Å²) in [5.41, 5.74) is 7.39. The lowest BCUT2D eigenvalue weighted by Gasteiger charge is -2.11. The largest absolute Gasteiger partial charge is 0.492 e. The molecule has 0 aliphatic carbocycles. The maximum absolute atomic E-state index is 12.9. The Bertz CT molecular complexity index is 875. The molecule has 3 N–H and O–H groups in total. The summed E-state index contributed by atoms with van der Waals surface area (Å²) in [6, 6.07) is 10.1.